The van der Waals surface area contributed by atoms with Gasteiger partial charge in [-0.1, -0.05) is 13.8 Å². The maximum atomic E-state index is 10.1. The molecule has 0 aliphatic carbocycles. The molecule has 0 bridgehead atoms. The van der Waals surface area contributed by atoms with Crippen LogP contribution in [0, 0.1) is 0 Å². The zero-order chi connectivity index (χ0) is 10.6. The summed E-state index contributed by atoms with van der Waals surface area (Å²) in [5, 5.41) is 0. The zero-order valence-electron chi connectivity index (χ0n) is 8.31. The predicted octanol–water partition coefficient (Wildman–Crippen LogP) is 1.58. The summed E-state index contributed by atoms with van der Waals surface area (Å²) in [5.41, 5.74) is 1.12. The molecular formula is C9H11N3O2. The van der Waals surface area contributed by atoms with E-state index in [4.69, 9.17) is 4.74 Å². The van der Waals surface area contributed by atoms with Gasteiger partial charge < -0.3 is 4.74 Å². The van der Waals surface area contributed by atoms with Crippen molar-refractivity contribution in [3.05, 3.63) is 11.9 Å². The van der Waals surface area contributed by atoms with Crippen LogP contribution in [-0.4, -0.2) is 23.2 Å². The highest BCUT2D eigenvalue weighted by Gasteiger charge is 2.10. The number of aromatic nitrogens is 2. The van der Waals surface area contributed by atoms with Crippen LogP contribution in [0.1, 0.15) is 25.5 Å². The standard InChI is InChI=1S/C9H11N3O2/c1-6(2)8-7(11-5-13)4-10-9(12-8)14-3/h4,6H,1-3H3. The number of ether oxygens (including phenoxy) is 1. The van der Waals surface area contributed by atoms with Crippen molar-refractivity contribution >= 4 is 11.8 Å². The number of aliphatic imine (C=N–C) groups is 1. The third kappa shape index (κ3) is 2.14. The minimum Gasteiger partial charge on any atom is -0.467 e. The largest absolute Gasteiger partial charge is 0.467 e. The van der Waals surface area contributed by atoms with E-state index in [2.05, 4.69) is 15.0 Å². The highest BCUT2D eigenvalue weighted by atomic mass is 16.5. The molecular weight excluding hydrogens is 182 g/mol. The van der Waals surface area contributed by atoms with E-state index in [-0.39, 0.29) is 11.9 Å². The fraction of sp³-hybridized carbons (Fsp3) is 0.444. The maximum absolute atomic E-state index is 10.1. The zero-order valence-corrected chi connectivity index (χ0v) is 8.31. The number of isocyanates is 1. The summed E-state index contributed by atoms with van der Waals surface area (Å²) >= 11 is 0. The van der Waals surface area contributed by atoms with Crippen LogP contribution in [0.25, 0.3) is 0 Å². The van der Waals surface area contributed by atoms with E-state index in [1.807, 2.05) is 13.8 Å². The van der Waals surface area contributed by atoms with Crippen molar-refractivity contribution < 1.29 is 9.53 Å². The lowest BCUT2D eigenvalue weighted by Crippen LogP contribution is -1.98. The quantitative estimate of drug-likeness (QED) is 0.540. The normalized spacial score (nSPS) is 9.71. The van der Waals surface area contributed by atoms with Gasteiger partial charge in [-0.05, 0) is 5.92 Å². The molecule has 0 radical (unpaired) electrons. The van der Waals surface area contributed by atoms with Crippen molar-refractivity contribution in [2.75, 3.05) is 7.11 Å². The molecule has 5 nitrogen and oxygen atoms in total. The Bertz CT molecular complexity index is 370. The SMILES string of the molecule is COc1ncc(N=C=O)c(C(C)C)n1. The summed E-state index contributed by atoms with van der Waals surface area (Å²) in [6, 6.07) is 0.276. The minimum absolute atomic E-state index is 0.152. The van der Waals surface area contributed by atoms with Crippen LogP contribution in [0.4, 0.5) is 5.69 Å². The van der Waals surface area contributed by atoms with Gasteiger partial charge in [-0.2, -0.15) is 9.98 Å². The summed E-state index contributed by atoms with van der Waals surface area (Å²) in [5.74, 6) is 0.152. The summed E-state index contributed by atoms with van der Waals surface area (Å²) < 4.78 is 4.88. The maximum Gasteiger partial charge on any atom is 0.316 e. The van der Waals surface area contributed by atoms with Gasteiger partial charge in [0, 0.05) is 0 Å². The Morgan fingerprint density at radius 1 is 1.57 bits per heavy atom. The van der Waals surface area contributed by atoms with E-state index in [1.165, 1.54) is 19.4 Å². The lowest BCUT2D eigenvalue weighted by molar-refractivity contribution is 0.377. The highest BCUT2D eigenvalue weighted by molar-refractivity contribution is 5.51. The molecule has 0 saturated carbocycles. The number of rotatable bonds is 3. The Morgan fingerprint density at radius 2 is 2.29 bits per heavy atom. The molecule has 1 rings (SSSR count). The molecule has 0 saturated heterocycles. The molecule has 1 aromatic rings. The van der Waals surface area contributed by atoms with Crippen molar-refractivity contribution in [1.29, 1.82) is 0 Å². The Labute approximate surface area is 81.9 Å². The lowest BCUT2D eigenvalue weighted by atomic mass is 10.1. The summed E-state index contributed by atoms with van der Waals surface area (Å²) in [4.78, 5) is 21.6. The number of nitrogens with zero attached hydrogens (tertiary/aromatic N) is 3. The van der Waals surface area contributed by atoms with Crippen molar-refractivity contribution in [3.63, 3.8) is 0 Å². The summed E-state index contributed by atoms with van der Waals surface area (Å²) in [6.45, 7) is 3.90. The average Bonchev–Trinajstić information content (AvgIpc) is 2.18. The molecule has 1 aromatic heterocycles. The minimum atomic E-state index is 0.152. The third-order valence-corrected chi connectivity index (χ3v) is 1.67. The Kier molecular flexibility index (Phi) is 3.31. The monoisotopic (exact) mass is 193 g/mol. The first-order chi connectivity index (χ1) is 6.69. The van der Waals surface area contributed by atoms with Crippen LogP contribution in [-0.2, 0) is 4.79 Å². The second-order valence-corrected chi connectivity index (χ2v) is 2.98. The van der Waals surface area contributed by atoms with Gasteiger partial charge in [-0.15, -0.1) is 0 Å². The first-order valence-corrected chi connectivity index (χ1v) is 4.17. The van der Waals surface area contributed by atoms with Crippen LogP contribution in [0.5, 0.6) is 6.01 Å². The first kappa shape index (κ1) is 10.3. The Hall–Kier alpha value is -1.74. The second kappa shape index (κ2) is 4.48. The average molecular weight is 193 g/mol. The van der Waals surface area contributed by atoms with Gasteiger partial charge in [0.15, 0.2) is 0 Å². The van der Waals surface area contributed by atoms with Crippen molar-refractivity contribution in [2.24, 2.45) is 4.99 Å². The molecule has 1 heterocycles. The molecule has 0 N–H and O–H groups in total. The molecule has 0 amide bonds. The van der Waals surface area contributed by atoms with Crippen LogP contribution >= 0.6 is 0 Å². The molecule has 74 valence electrons. The molecule has 0 spiro atoms. The van der Waals surface area contributed by atoms with Gasteiger partial charge in [0.2, 0.25) is 6.08 Å². The van der Waals surface area contributed by atoms with Gasteiger partial charge in [0.25, 0.3) is 0 Å². The van der Waals surface area contributed by atoms with Crippen molar-refractivity contribution in [1.82, 2.24) is 9.97 Å². The molecule has 0 fully saturated rings. The smallest absolute Gasteiger partial charge is 0.316 e. The molecule has 0 aliphatic heterocycles. The summed E-state index contributed by atoms with van der Waals surface area (Å²) in [6.07, 6.45) is 2.92. The van der Waals surface area contributed by atoms with Crippen LogP contribution in [0.2, 0.25) is 0 Å². The van der Waals surface area contributed by atoms with Gasteiger partial charge in [-0.25, -0.2) is 9.78 Å². The number of carbonyl (C=O) groups excluding carboxylic acids is 1. The van der Waals surface area contributed by atoms with E-state index in [1.54, 1.807) is 0 Å². The van der Waals surface area contributed by atoms with Crippen molar-refractivity contribution in [2.45, 2.75) is 19.8 Å². The van der Waals surface area contributed by atoms with Crippen LogP contribution in [0.15, 0.2) is 11.2 Å². The fourth-order valence-corrected chi connectivity index (χ4v) is 1.03. The third-order valence-electron chi connectivity index (χ3n) is 1.67. The van der Waals surface area contributed by atoms with Gasteiger partial charge in [0.1, 0.15) is 5.69 Å². The van der Waals surface area contributed by atoms with Gasteiger partial charge >= 0.3 is 6.01 Å². The molecule has 0 atom stereocenters. The van der Waals surface area contributed by atoms with E-state index in [0.29, 0.717) is 11.4 Å². The van der Waals surface area contributed by atoms with Crippen molar-refractivity contribution in [3.8, 4) is 6.01 Å². The van der Waals surface area contributed by atoms with Gasteiger partial charge in [0.05, 0.1) is 19.0 Å². The summed E-state index contributed by atoms with van der Waals surface area (Å²) in [7, 11) is 1.49. The Morgan fingerprint density at radius 3 is 2.79 bits per heavy atom. The fourth-order valence-electron chi connectivity index (χ4n) is 1.03. The number of hydrogen-bond donors (Lipinski definition) is 0. The number of methoxy groups -OCH3 is 1. The van der Waals surface area contributed by atoms with E-state index >= 15 is 0 Å². The van der Waals surface area contributed by atoms with Crippen LogP contribution in [0.3, 0.4) is 0 Å². The van der Waals surface area contributed by atoms with Crippen LogP contribution < -0.4 is 4.74 Å². The Balaban J connectivity index is 3.23. The second-order valence-electron chi connectivity index (χ2n) is 2.98. The van der Waals surface area contributed by atoms with E-state index in [0.717, 1.165) is 0 Å². The lowest BCUT2D eigenvalue weighted by Gasteiger charge is -2.07. The molecule has 0 aliphatic rings. The number of hydrogen-bond acceptors (Lipinski definition) is 5. The molecule has 5 heteroatoms. The predicted molar refractivity (Wildman–Crippen MR) is 50.5 cm³/mol. The molecule has 0 aromatic carbocycles. The van der Waals surface area contributed by atoms with E-state index in [9.17, 15) is 4.79 Å². The topological polar surface area (TPSA) is 64.4 Å². The highest BCUT2D eigenvalue weighted by Crippen LogP contribution is 2.24. The molecule has 0 unspecified atom stereocenters. The first-order valence-electron chi connectivity index (χ1n) is 4.17. The van der Waals surface area contributed by atoms with E-state index < -0.39 is 0 Å². The molecule has 14 heavy (non-hydrogen) atoms. The van der Waals surface area contributed by atoms with Gasteiger partial charge in [-0.3, -0.25) is 0 Å².